The summed E-state index contributed by atoms with van der Waals surface area (Å²) in [6.45, 7) is 0. The summed E-state index contributed by atoms with van der Waals surface area (Å²) in [6, 6.07) is 7.90. The number of nitrogens with zero attached hydrogens (tertiary/aromatic N) is 1. The smallest absolute Gasteiger partial charge is 0.0717 e. The van der Waals surface area contributed by atoms with E-state index in [-0.39, 0.29) is 0 Å². The largest absolute Gasteiger partial charge is 0.256 e. The number of hydrogen-bond acceptors (Lipinski definition) is 2. The van der Waals surface area contributed by atoms with Crippen LogP contribution in [0.3, 0.4) is 0 Å². The van der Waals surface area contributed by atoms with E-state index in [0.717, 1.165) is 33.7 Å². The highest BCUT2D eigenvalue weighted by Gasteiger charge is 1.99. The van der Waals surface area contributed by atoms with Crippen molar-refractivity contribution >= 4 is 41.2 Å². The van der Waals surface area contributed by atoms with Gasteiger partial charge in [0.2, 0.25) is 0 Å². The van der Waals surface area contributed by atoms with Crippen molar-refractivity contribution in [2.45, 2.75) is 6.42 Å². The number of halogens is 1. The third kappa shape index (κ3) is 2.57. The van der Waals surface area contributed by atoms with Crippen LogP contribution in [0.1, 0.15) is 12.0 Å². The van der Waals surface area contributed by atoms with Gasteiger partial charge in [-0.2, -0.15) is 12.6 Å². The lowest BCUT2D eigenvalue weighted by atomic mass is 10.1. The van der Waals surface area contributed by atoms with Crippen molar-refractivity contribution in [3.8, 4) is 0 Å². The zero-order chi connectivity index (χ0) is 11.4. The molecule has 0 N–H and O–H groups in total. The predicted molar refractivity (Wildman–Crippen MR) is 74.3 cm³/mol. The lowest BCUT2D eigenvalue weighted by molar-refractivity contribution is 1.26. The fourth-order valence-corrected chi connectivity index (χ4v) is 1.88. The molecule has 2 aromatic rings. The Labute approximate surface area is 106 Å². The van der Waals surface area contributed by atoms with Gasteiger partial charge in [0.25, 0.3) is 0 Å². The van der Waals surface area contributed by atoms with E-state index >= 15 is 0 Å². The first-order chi connectivity index (χ1) is 7.81. The van der Waals surface area contributed by atoms with Crippen molar-refractivity contribution in [2.24, 2.45) is 0 Å². The Morgan fingerprint density at radius 3 is 3.00 bits per heavy atom. The Bertz CT molecular complexity index is 522. The van der Waals surface area contributed by atoms with Gasteiger partial charge >= 0.3 is 0 Å². The molecule has 1 aromatic heterocycles. The second-order valence-corrected chi connectivity index (χ2v) is 4.34. The van der Waals surface area contributed by atoms with Gasteiger partial charge in [0.05, 0.1) is 10.5 Å². The van der Waals surface area contributed by atoms with Crippen LogP contribution in [0.5, 0.6) is 0 Å². The minimum atomic E-state index is 0.745. The lowest BCUT2D eigenvalue weighted by Crippen LogP contribution is -1.80. The van der Waals surface area contributed by atoms with Crippen LogP contribution in [0.15, 0.2) is 36.5 Å². The highest BCUT2D eigenvalue weighted by Crippen LogP contribution is 2.22. The van der Waals surface area contributed by atoms with Gasteiger partial charge in [-0.05, 0) is 35.9 Å². The van der Waals surface area contributed by atoms with Crippen LogP contribution in [0, 0.1) is 0 Å². The Hall–Kier alpha value is -0.990. The standard InChI is InChI=1S/C13H12ClNS/c14-12-6-7-15-13-5-4-10(9-11(12)13)3-1-2-8-16/h1,3-7,9,16H,2,8H2. The number of rotatable bonds is 3. The summed E-state index contributed by atoms with van der Waals surface area (Å²) in [5.74, 6) is 0.867. The number of fused-ring (bicyclic) bond motifs is 1. The minimum absolute atomic E-state index is 0.745. The first kappa shape index (κ1) is 11.5. The Kier molecular flexibility index (Phi) is 3.86. The van der Waals surface area contributed by atoms with Crippen LogP contribution >= 0.6 is 24.2 Å². The molecule has 0 amide bonds. The van der Waals surface area contributed by atoms with E-state index in [1.54, 1.807) is 6.20 Å². The van der Waals surface area contributed by atoms with Crippen LogP contribution in [0.4, 0.5) is 0 Å². The zero-order valence-electron chi connectivity index (χ0n) is 8.73. The van der Waals surface area contributed by atoms with E-state index < -0.39 is 0 Å². The molecule has 16 heavy (non-hydrogen) atoms. The zero-order valence-corrected chi connectivity index (χ0v) is 10.4. The molecular formula is C13H12ClNS. The summed E-state index contributed by atoms with van der Waals surface area (Å²) in [7, 11) is 0. The second kappa shape index (κ2) is 5.37. The number of pyridine rings is 1. The van der Waals surface area contributed by atoms with Gasteiger partial charge in [0.15, 0.2) is 0 Å². The molecule has 0 fully saturated rings. The van der Waals surface area contributed by atoms with Gasteiger partial charge < -0.3 is 0 Å². The molecule has 0 bridgehead atoms. The van der Waals surface area contributed by atoms with Gasteiger partial charge in [0.1, 0.15) is 0 Å². The number of allylic oxidation sites excluding steroid dienone is 1. The maximum absolute atomic E-state index is 6.11. The highest BCUT2D eigenvalue weighted by molar-refractivity contribution is 7.80. The van der Waals surface area contributed by atoms with Crippen LogP contribution in [-0.4, -0.2) is 10.7 Å². The van der Waals surface area contributed by atoms with E-state index in [9.17, 15) is 0 Å². The summed E-state index contributed by atoms with van der Waals surface area (Å²) < 4.78 is 0. The second-order valence-electron chi connectivity index (χ2n) is 3.48. The van der Waals surface area contributed by atoms with Crippen molar-refractivity contribution in [3.05, 3.63) is 47.1 Å². The number of aromatic nitrogens is 1. The van der Waals surface area contributed by atoms with E-state index in [4.69, 9.17) is 11.6 Å². The van der Waals surface area contributed by atoms with E-state index in [2.05, 4.69) is 35.8 Å². The first-order valence-corrected chi connectivity index (χ1v) is 6.14. The van der Waals surface area contributed by atoms with E-state index in [0.29, 0.717) is 0 Å². The van der Waals surface area contributed by atoms with Gasteiger partial charge in [-0.1, -0.05) is 29.8 Å². The summed E-state index contributed by atoms with van der Waals surface area (Å²) in [6.07, 6.45) is 6.89. The monoisotopic (exact) mass is 249 g/mol. The SMILES string of the molecule is SCCC=Cc1ccc2nccc(Cl)c2c1. The van der Waals surface area contributed by atoms with Crippen molar-refractivity contribution in [3.63, 3.8) is 0 Å². The summed E-state index contributed by atoms with van der Waals surface area (Å²) >= 11 is 10.3. The predicted octanol–water partition coefficient (Wildman–Crippen LogP) is 4.22. The molecule has 0 unspecified atom stereocenters. The molecule has 1 aromatic carbocycles. The lowest BCUT2D eigenvalue weighted by Gasteiger charge is -2.00. The van der Waals surface area contributed by atoms with Crippen molar-refractivity contribution in [1.82, 2.24) is 4.98 Å². The molecule has 0 saturated carbocycles. The minimum Gasteiger partial charge on any atom is -0.256 e. The van der Waals surface area contributed by atoms with Crippen molar-refractivity contribution in [2.75, 3.05) is 5.75 Å². The van der Waals surface area contributed by atoms with Gasteiger partial charge in [0, 0.05) is 11.6 Å². The van der Waals surface area contributed by atoms with E-state index in [1.165, 1.54) is 0 Å². The molecule has 0 aliphatic rings. The Balaban J connectivity index is 2.39. The quantitative estimate of drug-likeness (QED) is 0.804. The third-order valence-electron chi connectivity index (χ3n) is 2.32. The van der Waals surface area contributed by atoms with Crippen molar-refractivity contribution in [1.29, 1.82) is 0 Å². The highest BCUT2D eigenvalue weighted by atomic mass is 35.5. The molecule has 0 aliphatic heterocycles. The summed E-state index contributed by atoms with van der Waals surface area (Å²) in [5.41, 5.74) is 2.07. The Morgan fingerprint density at radius 1 is 1.31 bits per heavy atom. The molecule has 82 valence electrons. The molecule has 1 nitrogen and oxygen atoms in total. The average Bonchev–Trinajstić information content (AvgIpc) is 2.30. The molecule has 1 heterocycles. The maximum Gasteiger partial charge on any atom is 0.0717 e. The number of hydrogen-bond donors (Lipinski definition) is 1. The van der Waals surface area contributed by atoms with Gasteiger partial charge in [-0.25, -0.2) is 0 Å². The molecule has 0 spiro atoms. The third-order valence-corrected chi connectivity index (χ3v) is 2.91. The van der Waals surface area contributed by atoms with Crippen molar-refractivity contribution < 1.29 is 0 Å². The fraction of sp³-hybridized carbons (Fsp3) is 0.154. The van der Waals surface area contributed by atoms with Crippen LogP contribution in [-0.2, 0) is 0 Å². The summed E-state index contributed by atoms with van der Waals surface area (Å²) in [4.78, 5) is 4.26. The average molecular weight is 250 g/mol. The normalized spacial score (nSPS) is 11.4. The first-order valence-electron chi connectivity index (χ1n) is 5.13. The number of thiol groups is 1. The molecule has 0 saturated heterocycles. The maximum atomic E-state index is 6.11. The van der Waals surface area contributed by atoms with Crippen LogP contribution in [0.2, 0.25) is 5.02 Å². The number of benzene rings is 1. The molecule has 2 rings (SSSR count). The molecule has 0 aliphatic carbocycles. The molecule has 3 heteroatoms. The van der Waals surface area contributed by atoms with Gasteiger partial charge in [-0.3, -0.25) is 4.98 Å². The van der Waals surface area contributed by atoms with E-state index in [1.807, 2.05) is 18.2 Å². The summed E-state index contributed by atoms with van der Waals surface area (Å²) in [5, 5.41) is 1.74. The van der Waals surface area contributed by atoms with Crippen LogP contribution < -0.4 is 0 Å². The topological polar surface area (TPSA) is 12.9 Å². The Morgan fingerprint density at radius 2 is 2.19 bits per heavy atom. The van der Waals surface area contributed by atoms with Gasteiger partial charge in [-0.15, -0.1) is 0 Å². The van der Waals surface area contributed by atoms with Crippen LogP contribution in [0.25, 0.3) is 17.0 Å². The molecule has 0 atom stereocenters. The molecule has 0 radical (unpaired) electrons. The molecular weight excluding hydrogens is 238 g/mol. The fourth-order valence-electron chi connectivity index (χ4n) is 1.53.